The smallest absolute Gasteiger partial charge is 0.322 e. The van der Waals surface area contributed by atoms with E-state index in [1.165, 1.54) is 0 Å². The SMILES string of the molecule is COc1ccc(NC(=O)N(Cc2ccccc2)CC(C)(C)O)cc1C. The van der Waals surface area contributed by atoms with Crippen molar-refractivity contribution >= 4 is 11.7 Å². The molecule has 2 N–H and O–H groups in total. The Kier molecular flexibility index (Phi) is 6.04. The summed E-state index contributed by atoms with van der Waals surface area (Å²) in [4.78, 5) is 14.3. The van der Waals surface area contributed by atoms with E-state index in [2.05, 4.69) is 5.32 Å². The highest BCUT2D eigenvalue weighted by atomic mass is 16.5. The lowest BCUT2D eigenvalue weighted by molar-refractivity contribution is 0.0469. The first-order chi connectivity index (χ1) is 11.8. The zero-order valence-corrected chi connectivity index (χ0v) is 15.2. The van der Waals surface area contributed by atoms with Crippen LogP contribution < -0.4 is 10.1 Å². The van der Waals surface area contributed by atoms with Crippen LogP contribution in [0.1, 0.15) is 25.0 Å². The summed E-state index contributed by atoms with van der Waals surface area (Å²) in [5.74, 6) is 0.774. The van der Waals surface area contributed by atoms with Gasteiger partial charge in [-0.05, 0) is 50.1 Å². The van der Waals surface area contributed by atoms with E-state index in [1.54, 1.807) is 31.9 Å². The summed E-state index contributed by atoms with van der Waals surface area (Å²) in [5.41, 5.74) is 1.66. The molecule has 0 saturated heterocycles. The zero-order valence-electron chi connectivity index (χ0n) is 15.2. The summed E-state index contributed by atoms with van der Waals surface area (Å²) in [7, 11) is 1.62. The van der Waals surface area contributed by atoms with Crippen LogP contribution in [0, 0.1) is 6.92 Å². The maximum atomic E-state index is 12.7. The Morgan fingerprint density at radius 2 is 1.88 bits per heavy atom. The van der Waals surface area contributed by atoms with Crippen LogP contribution in [0.15, 0.2) is 48.5 Å². The number of hydrogen-bond acceptors (Lipinski definition) is 3. The van der Waals surface area contributed by atoms with Crippen LogP contribution in [0.4, 0.5) is 10.5 Å². The number of nitrogens with one attached hydrogen (secondary N) is 1. The first-order valence-electron chi connectivity index (χ1n) is 8.25. The van der Waals surface area contributed by atoms with Gasteiger partial charge in [-0.25, -0.2) is 4.79 Å². The minimum absolute atomic E-state index is 0.225. The third kappa shape index (κ3) is 5.80. The number of amides is 2. The molecular formula is C20H26N2O3. The Hall–Kier alpha value is -2.53. The van der Waals surface area contributed by atoms with Crippen molar-refractivity contribution in [2.24, 2.45) is 0 Å². The van der Waals surface area contributed by atoms with Gasteiger partial charge in [-0.3, -0.25) is 0 Å². The van der Waals surface area contributed by atoms with Gasteiger partial charge in [0.15, 0.2) is 0 Å². The van der Waals surface area contributed by atoms with Gasteiger partial charge in [0.25, 0.3) is 0 Å². The van der Waals surface area contributed by atoms with E-state index in [0.717, 1.165) is 16.9 Å². The highest BCUT2D eigenvalue weighted by molar-refractivity contribution is 5.89. The molecule has 134 valence electrons. The first kappa shape index (κ1) is 18.8. The van der Waals surface area contributed by atoms with Gasteiger partial charge in [-0.1, -0.05) is 30.3 Å². The molecule has 2 aromatic carbocycles. The fourth-order valence-electron chi connectivity index (χ4n) is 2.63. The second-order valence-corrected chi connectivity index (χ2v) is 6.77. The van der Waals surface area contributed by atoms with Crippen molar-refractivity contribution in [3.8, 4) is 5.75 Å². The topological polar surface area (TPSA) is 61.8 Å². The Morgan fingerprint density at radius 1 is 1.20 bits per heavy atom. The van der Waals surface area contributed by atoms with E-state index < -0.39 is 5.60 Å². The molecule has 0 unspecified atom stereocenters. The molecular weight excluding hydrogens is 316 g/mol. The van der Waals surface area contributed by atoms with Gasteiger partial charge in [-0.15, -0.1) is 0 Å². The van der Waals surface area contributed by atoms with E-state index in [4.69, 9.17) is 4.74 Å². The van der Waals surface area contributed by atoms with Crippen molar-refractivity contribution < 1.29 is 14.6 Å². The number of urea groups is 1. The van der Waals surface area contributed by atoms with Gasteiger partial charge < -0.3 is 20.1 Å². The standard InChI is InChI=1S/C20H26N2O3/c1-15-12-17(10-11-18(15)25-4)21-19(23)22(14-20(2,3)24)13-16-8-6-5-7-9-16/h5-12,24H,13-14H2,1-4H3,(H,21,23). The Labute approximate surface area is 149 Å². The maximum absolute atomic E-state index is 12.7. The number of rotatable bonds is 6. The molecule has 0 saturated carbocycles. The van der Waals surface area contributed by atoms with Crippen LogP contribution in [-0.2, 0) is 6.54 Å². The number of carbonyl (C=O) groups excluding carboxylic acids is 1. The van der Waals surface area contributed by atoms with E-state index in [1.807, 2.05) is 49.4 Å². The second kappa shape index (κ2) is 8.03. The number of aliphatic hydroxyl groups is 1. The monoisotopic (exact) mass is 342 g/mol. The number of ether oxygens (including phenoxy) is 1. The molecule has 0 aliphatic heterocycles. The van der Waals surface area contributed by atoms with E-state index in [9.17, 15) is 9.90 Å². The number of hydrogen-bond donors (Lipinski definition) is 2. The van der Waals surface area contributed by atoms with Crippen molar-refractivity contribution in [3.05, 3.63) is 59.7 Å². The van der Waals surface area contributed by atoms with E-state index in [0.29, 0.717) is 12.2 Å². The van der Waals surface area contributed by atoms with Gasteiger partial charge in [-0.2, -0.15) is 0 Å². The average molecular weight is 342 g/mol. The molecule has 2 rings (SSSR count). The number of nitrogens with zero attached hydrogens (tertiary/aromatic N) is 1. The van der Waals surface area contributed by atoms with E-state index >= 15 is 0 Å². The van der Waals surface area contributed by atoms with Crippen molar-refractivity contribution in [3.63, 3.8) is 0 Å². The third-order valence-corrected chi connectivity index (χ3v) is 3.73. The molecule has 0 radical (unpaired) electrons. The lowest BCUT2D eigenvalue weighted by Crippen LogP contribution is -2.43. The predicted octanol–water partition coefficient (Wildman–Crippen LogP) is 3.81. The second-order valence-electron chi connectivity index (χ2n) is 6.77. The Bertz CT molecular complexity index is 709. The predicted molar refractivity (Wildman–Crippen MR) is 99.9 cm³/mol. The Balaban J connectivity index is 2.15. The molecule has 2 amide bonds. The normalized spacial score (nSPS) is 11.1. The molecule has 0 fully saturated rings. The first-order valence-corrected chi connectivity index (χ1v) is 8.25. The molecule has 0 spiro atoms. The molecule has 0 bridgehead atoms. The highest BCUT2D eigenvalue weighted by Gasteiger charge is 2.23. The lowest BCUT2D eigenvalue weighted by Gasteiger charge is -2.29. The van der Waals surface area contributed by atoms with Crippen molar-refractivity contribution in [2.45, 2.75) is 32.9 Å². The number of aryl methyl sites for hydroxylation is 1. The number of methoxy groups -OCH3 is 1. The summed E-state index contributed by atoms with van der Waals surface area (Å²) in [5, 5.41) is 13.1. The molecule has 0 atom stereocenters. The highest BCUT2D eigenvalue weighted by Crippen LogP contribution is 2.22. The number of benzene rings is 2. The third-order valence-electron chi connectivity index (χ3n) is 3.73. The van der Waals surface area contributed by atoms with Crippen LogP contribution in [0.25, 0.3) is 0 Å². The molecule has 25 heavy (non-hydrogen) atoms. The molecule has 0 aliphatic rings. The van der Waals surface area contributed by atoms with Gasteiger partial charge in [0.05, 0.1) is 19.3 Å². The minimum Gasteiger partial charge on any atom is -0.496 e. The van der Waals surface area contributed by atoms with Gasteiger partial charge >= 0.3 is 6.03 Å². The Morgan fingerprint density at radius 3 is 2.44 bits per heavy atom. The largest absolute Gasteiger partial charge is 0.496 e. The lowest BCUT2D eigenvalue weighted by atomic mass is 10.1. The fraction of sp³-hybridized carbons (Fsp3) is 0.350. The molecule has 5 heteroatoms. The molecule has 0 aliphatic carbocycles. The van der Waals surface area contributed by atoms with E-state index in [-0.39, 0.29) is 12.6 Å². The van der Waals surface area contributed by atoms with Crippen LogP contribution in [0.3, 0.4) is 0 Å². The molecule has 0 heterocycles. The fourth-order valence-corrected chi connectivity index (χ4v) is 2.63. The van der Waals surface area contributed by atoms with Crippen LogP contribution >= 0.6 is 0 Å². The molecule has 2 aromatic rings. The number of anilines is 1. The average Bonchev–Trinajstić information content (AvgIpc) is 2.54. The minimum atomic E-state index is -0.984. The zero-order chi connectivity index (χ0) is 18.4. The summed E-state index contributed by atoms with van der Waals surface area (Å²) < 4.78 is 5.24. The van der Waals surface area contributed by atoms with Gasteiger partial charge in [0.2, 0.25) is 0 Å². The summed E-state index contributed by atoms with van der Waals surface area (Å²) in [6.45, 7) is 5.95. The van der Waals surface area contributed by atoms with Gasteiger partial charge in [0, 0.05) is 12.2 Å². The summed E-state index contributed by atoms with van der Waals surface area (Å²) >= 11 is 0. The van der Waals surface area contributed by atoms with Crippen LogP contribution in [-0.4, -0.2) is 35.3 Å². The van der Waals surface area contributed by atoms with Crippen LogP contribution in [0.2, 0.25) is 0 Å². The molecule has 0 aromatic heterocycles. The van der Waals surface area contributed by atoms with Crippen LogP contribution in [0.5, 0.6) is 5.75 Å². The number of carbonyl (C=O) groups is 1. The summed E-state index contributed by atoms with van der Waals surface area (Å²) in [6.07, 6.45) is 0. The molecule has 5 nitrogen and oxygen atoms in total. The maximum Gasteiger partial charge on any atom is 0.322 e. The van der Waals surface area contributed by atoms with Crippen molar-refractivity contribution in [2.75, 3.05) is 19.0 Å². The van der Waals surface area contributed by atoms with Crippen molar-refractivity contribution in [1.29, 1.82) is 0 Å². The van der Waals surface area contributed by atoms with Gasteiger partial charge in [0.1, 0.15) is 5.75 Å². The van der Waals surface area contributed by atoms with Crippen molar-refractivity contribution in [1.82, 2.24) is 4.90 Å². The summed E-state index contributed by atoms with van der Waals surface area (Å²) in [6, 6.07) is 15.0. The quantitative estimate of drug-likeness (QED) is 0.839.